The highest BCUT2D eigenvalue weighted by atomic mass is 16.5. The lowest BCUT2D eigenvalue weighted by atomic mass is 10.1. The molecule has 0 saturated carbocycles. The van der Waals surface area contributed by atoms with Crippen LogP contribution in [0.25, 0.3) is 0 Å². The third-order valence-electron chi connectivity index (χ3n) is 3.15. The number of aromatic nitrogens is 1. The molecule has 0 bridgehead atoms. The SMILES string of the molecule is CCOC(=O)c1c(C)[nH]c(C(=O)NCCC(C)C)c1C. The van der Waals surface area contributed by atoms with Crippen molar-refractivity contribution in [2.45, 2.75) is 41.0 Å². The highest BCUT2D eigenvalue weighted by Gasteiger charge is 2.22. The number of aromatic amines is 1. The summed E-state index contributed by atoms with van der Waals surface area (Å²) in [6, 6.07) is 0. The Bertz CT molecular complexity index is 490. The molecule has 0 spiro atoms. The van der Waals surface area contributed by atoms with Crippen LogP contribution in [0.3, 0.4) is 0 Å². The molecule has 1 aromatic heterocycles. The quantitative estimate of drug-likeness (QED) is 0.787. The molecule has 2 N–H and O–H groups in total. The lowest BCUT2D eigenvalue weighted by Gasteiger charge is -2.07. The molecule has 20 heavy (non-hydrogen) atoms. The van der Waals surface area contributed by atoms with Crippen molar-refractivity contribution in [3.63, 3.8) is 0 Å². The van der Waals surface area contributed by atoms with Crippen LogP contribution in [-0.4, -0.2) is 30.0 Å². The summed E-state index contributed by atoms with van der Waals surface area (Å²) >= 11 is 0. The zero-order valence-corrected chi connectivity index (χ0v) is 12.9. The van der Waals surface area contributed by atoms with Crippen LogP contribution < -0.4 is 5.32 Å². The van der Waals surface area contributed by atoms with Crippen LogP contribution in [0.1, 0.15) is 59.3 Å². The van der Waals surface area contributed by atoms with Crippen LogP contribution in [0.2, 0.25) is 0 Å². The van der Waals surface area contributed by atoms with Crippen molar-refractivity contribution in [2.24, 2.45) is 5.92 Å². The van der Waals surface area contributed by atoms with Gasteiger partial charge in [-0.25, -0.2) is 4.79 Å². The number of hydrogen-bond donors (Lipinski definition) is 2. The smallest absolute Gasteiger partial charge is 0.340 e. The predicted molar refractivity (Wildman–Crippen MR) is 78.0 cm³/mol. The number of ether oxygens (including phenoxy) is 1. The summed E-state index contributed by atoms with van der Waals surface area (Å²) in [7, 11) is 0. The maximum Gasteiger partial charge on any atom is 0.340 e. The molecule has 0 fully saturated rings. The van der Waals surface area contributed by atoms with E-state index in [1.54, 1.807) is 20.8 Å². The van der Waals surface area contributed by atoms with Crippen LogP contribution in [0, 0.1) is 19.8 Å². The Morgan fingerprint density at radius 2 is 1.95 bits per heavy atom. The molecular formula is C15H24N2O3. The molecule has 5 nitrogen and oxygen atoms in total. The molecule has 0 aliphatic carbocycles. The van der Waals surface area contributed by atoms with E-state index in [9.17, 15) is 9.59 Å². The summed E-state index contributed by atoms with van der Waals surface area (Å²) in [5.74, 6) is -0.0290. The molecule has 1 heterocycles. The molecule has 0 atom stereocenters. The third kappa shape index (κ3) is 3.85. The first-order chi connectivity index (χ1) is 9.38. The van der Waals surface area contributed by atoms with Crippen LogP contribution >= 0.6 is 0 Å². The van der Waals surface area contributed by atoms with Gasteiger partial charge in [0.15, 0.2) is 0 Å². The number of H-pyrrole nitrogens is 1. The third-order valence-corrected chi connectivity index (χ3v) is 3.15. The number of aryl methyl sites for hydroxylation is 1. The largest absolute Gasteiger partial charge is 0.462 e. The first-order valence-corrected chi connectivity index (χ1v) is 7.02. The summed E-state index contributed by atoms with van der Waals surface area (Å²) in [5.41, 5.74) is 2.20. The molecule has 0 aliphatic heterocycles. The molecule has 0 radical (unpaired) electrons. The van der Waals surface area contributed by atoms with Crippen molar-refractivity contribution < 1.29 is 14.3 Å². The monoisotopic (exact) mass is 280 g/mol. The number of carbonyl (C=O) groups excluding carboxylic acids is 2. The lowest BCUT2D eigenvalue weighted by Crippen LogP contribution is -2.26. The van der Waals surface area contributed by atoms with E-state index in [1.165, 1.54) is 0 Å². The van der Waals surface area contributed by atoms with E-state index < -0.39 is 0 Å². The highest BCUT2D eigenvalue weighted by molar-refractivity contribution is 6.00. The van der Waals surface area contributed by atoms with Gasteiger partial charge in [-0.05, 0) is 38.7 Å². The Balaban J connectivity index is 2.84. The fraction of sp³-hybridized carbons (Fsp3) is 0.600. The van der Waals surface area contributed by atoms with Crippen molar-refractivity contribution in [1.82, 2.24) is 10.3 Å². The summed E-state index contributed by atoms with van der Waals surface area (Å²) in [6.45, 7) is 10.4. The van der Waals surface area contributed by atoms with E-state index in [0.717, 1.165) is 6.42 Å². The van der Waals surface area contributed by atoms with Crippen molar-refractivity contribution in [2.75, 3.05) is 13.2 Å². The number of carbonyl (C=O) groups is 2. The fourth-order valence-electron chi connectivity index (χ4n) is 2.05. The Kier molecular flexibility index (Phi) is 5.80. The van der Waals surface area contributed by atoms with E-state index in [2.05, 4.69) is 24.1 Å². The Hall–Kier alpha value is -1.78. The van der Waals surface area contributed by atoms with Gasteiger partial charge in [0, 0.05) is 12.2 Å². The molecule has 0 unspecified atom stereocenters. The fourth-order valence-corrected chi connectivity index (χ4v) is 2.05. The number of nitrogens with one attached hydrogen (secondary N) is 2. The first kappa shape index (κ1) is 16.3. The topological polar surface area (TPSA) is 71.2 Å². The van der Waals surface area contributed by atoms with Gasteiger partial charge in [-0.1, -0.05) is 13.8 Å². The van der Waals surface area contributed by atoms with E-state index >= 15 is 0 Å². The van der Waals surface area contributed by atoms with Gasteiger partial charge in [0.05, 0.1) is 12.2 Å². The lowest BCUT2D eigenvalue weighted by molar-refractivity contribution is 0.0525. The molecule has 1 amide bonds. The number of esters is 1. The van der Waals surface area contributed by atoms with Gasteiger partial charge >= 0.3 is 5.97 Å². The van der Waals surface area contributed by atoms with E-state index in [1.807, 2.05) is 0 Å². The zero-order chi connectivity index (χ0) is 15.3. The minimum atomic E-state index is -0.389. The van der Waals surface area contributed by atoms with E-state index in [4.69, 9.17) is 4.74 Å². The van der Waals surface area contributed by atoms with Crippen molar-refractivity contribution in [1.29, 1.82) is 0 Å². The van der Waals surface area contributed by atoms with Gasteiger partial charge in [0.25, 0.3) is 5.91 Å². The molecule has 1 aromatic rings. The Labute approximate surface area is 120 Å². The van der Waals surface area contributed by atoms with Crippen LogP contribution in [-0.2, 0) is 4.74 Å². The van der Waals surface area contributed by atoms with Gasteiger partial charge in [0.1, 0.15) is 5.69 Å². The minimum absolute atomic E-state index is 0.179. The highest BCUT2D eigenvalue weighted by Crippen LogP contribution is 2.19. The predicted octanol–water partition coefficient (Wildman–Crippen LogP) is 2.58. The van der Waals surface area contributed by atoms with Crippen LogP contribution in [0.15, 0.2) is 0 Å². The standard InChI is InChI=1S/C15H24N2O3/c1-6-20-15(19)12-10(4)13(17-11(12)5)14(18)16-8-7-9(2)3/h9,17H,6-8H2,1-5H3,(H,16,18). The van der Waals surface area contributed by atoms with Crippen LogP contribution in [0.5, 0.6) is 0 Å². The van der Waals surface area contributed by atoms with Gasteiger partial charge in [0.2, 0.25) is 0 Å². The molecule has 5 heteroatoms. The van der Waals surface area contributed by atoms with Crippen molar-refractivity contribution in [3.05, 3.63) is 22.5 Å². The summed E-state index contributed by atoms with van der Waals surface area (Å²) in [5, 5.41) is 2.86. The minimum Gasteiger partial charge on any atom is -0.462 e. The van der Waals surface area contributed by atoms with Gasteiger partial charge < -0.3 is 15.0 Å². The average Bonchev–Trinajstić information content (AvgIpc) is 2.64. The second-order valence-corrected chi connectivity index (χ2v) is 5.28. The summed E-state index contributed by atoms with van der Waals surface area (Å²) < 4.78 is 5.00. The zero-order valence-electron chi connectivity index (χ0n) is 12.9. The van der Waals surface area contributed by atoms with Crippen LogP contribution in [0.4, 0.5) is 0 Å². The van der Waals surface area contributed by atoms with Crippen molar-refractivity contribution >= 4 is 11.9 Å². The second-order valence-electron chi connectivity index (χ2n) is 5.28. The van der Waals surface area contributed by atoms with Crippen molar-refractivity contribution in [3.8, 4) is 0 Å². The van der Waals surface area contributed by atoms with E-state index in [-0.39, 0.29) is 11.9 Å². The normalized spacial score (nSPS) is 10.7. The molecular weight excluding hydrogens is 256 g/mol. The molecule has 0 saturated heterocycles. The Morgan fingerprint density at radius 3 is 2.50 bits per heavy atom. The van der Waals surface area contributed by atoms with Gasteiger partial charge in [-0.15, -0.1) is 0 Å². The van der Waals surface area contributed by atoms with E-state index in [0.29, 0.717) is 41.6 Å². The number of rotatable bonds is 6. The average molecular weight is 280 g/mol. The maximum atomic E-state index is 12.1. The summed E-state index contributed by atoms with van der Waals surface area (Å²) in [6.07, 6.45) is 0.926. The first-order valence-electron chi connectivity index (χ1n) is 7.02. The maximum absolute atomic E-state index is 12.1. The molecule has 112 valence electrons. The van der Waals surface area contributed by atoms with Gasteiger partial charge in [-0.3, -0.25) is 4.79 Å². The van der Waals surface area contributed by atoms with Gasteiger partial charge in [-0.2, -0.15) is 0 Å². The molecule has 0 aliphatic rings. The summed E-state index contributed by atoms with van der Waals surface area (Å²) in [4.78, 5) is 26.9. The number of hydrogen-bond acceptors (Lipinski definition) is 3. The molecule has 1 rings (SSSR count). The number of amides is 1. The Morgan fingerprint density at radius 1 is 1.30 bits per heavy atom. The second kappa shape index (κ2) is 7.12. The molecule has 0 aromatic carbocycles.